The number of anilines is 1. The maximum Gasteiger partial charge on any atom is 0.0758 e. The number of aryl methyl sites for hydroxylation is 1. The highest BCUT2D eigenvalue weighted by Crippen LogP contribution is 2.21. The zero-order chi connectivity index (χ0) is 6.97. The van der Waals surface area contributed by atoms with Crippen molar-refractivity contribution < 1.29 is 0 Å². The van der Waals surface area contributed by atoms with Gasteiger partial charge in [-0.15, -0.1) is 0 Å². The Hall–Kier alpha value is -0.990. The minimum atomic E-state index is 0.602. The Bertz CT molecular complexity index is 229. The quantitative estimate of drug-likeness (QED) is 0.563. The topological polar surface area (TPSA) is 40.7 Å². The van der Waals surface area contributed by atoms with Crippen molar-refractivity contribution in [3.63, 3.8) is 0 Å². The normalized spacial score (nSPS) is 23.5. The van der Waals surface area contributed by atoms with E-state index in [1.165, 1.54) is 17.8 Å². The summed E-state index contributed by atoms with van der Waals surface area (Å²) in [5.74, 6) is 0. The van der Waals surface area contributed by atoms with Crippen LogP contribution in [-0.4, -0.2) is 16.2 Å². The summed E-state index contributed by atoms with van der Waals surface area (Å²) in [7, 11) is 0. The van der Waals surface area contributed by atoms with Crippen molar-refractivity contribution in [1.29, 1.82) is 0 Å². The molecule has 0 aromatic carbocycles. The SMILES string of the molecule is CC1CCc2[nH]ncc2N1. The van der Waals surface area contributed by atoms with E-state index < -0.39 is 0 Å². The van der Waals surface area contributed by atoms with Crippen LogP contribution in [0.5, 0.6) is 0 Å². The molecule has 0 radical (unpaired) electrons. The first-order valence-corrected chi connectivity index (χ1v) is 3.65. The lowest BCUT2D eigenvalue weighted by Crippen LogP contribution is -2.20. The second kappa shape index (κ2) is 2.01. The average molecular weight is 137 g/mol. The van der Waals surface area contributed by atoms with Crippen molar-refractivity contribution in [2.45, 2.75) is 25.8 Å². The van der Waals surface area contributed by atoms with Crippen LogP contribution in [0.4, 0.5) is 5.69 Å². The fourth-order valence-corrected chi connectivity index (χ4v) is 1.33. The third-order valence-electron chi connectivity index (χ3n) is 1.95. The first-order valence-electron chi connectivity index (χ1n) is 3.65. The number of rotatable bonds is 0. The number of aromatic amines is 1. The van der Waals surface area contributed by atoms with Gasteiger partial charge in [-0.3, -0.25) is 5.10 Å². The molecule has 2 rings (SSSR count). The van der Waals surface area contributed by atoms with Crippen LogP contribution in [-0.2, 0) is 6.42 Å². The lowest BCUT2D eigenvalue weighted by molar-refractivity contribution is 0.670. The molecule has 1 aromatic heterocycles. The molecule has 54 valence electrons. The Kier molecular flexibility index (Phi) is 1.16. The number of fused-ring (bicyclic) bond motifs is 1. The molecule has 0 bridgehead atoms. The standard InChI is InChI=1S/C7H11N3/c1-5-2-3-6-7(9-5)4-8-10-6/h4-5,9H,2-3H2,1H3,(H,8,10). The van der Waals surface area contributed by atoms with Gasteiger partial charge in [0.15, 0.2) is 0 Å². The van der Waals surface area contributed by atoms with Crippen LogP contribution < -0.4 is 5.32 Å². The summed E-state index contributed by atoms with van der Waals surface area (Å²) in [6, 6.07) is 0.602. The summed E-state index contributed by atoms with van der Waals surface area (Å²) < 4.78 is 0. The van der Waals surface area contributed by atoms with Gasteiger partial charge in [-0.25, -0.2) is 0 Å². The number of H-pyrrole nitrogens is 1. The van der Waals surface area contributed by atoms with Crippen molar-refractivity contribution >= 4 is 5.69 Å². The zero-order valence-corrected chi connectivity index (χ0v) is 6.02. The molecule has 1 aliphatic heterocycles. The highest BCUT2D eigenvalue weighted by atomic mass is 15.1. The molecule has 0 amide bonds. The maximum absolute atomic E-state index is 3.95. The van der Waals surface area contributed by atoms with E-state index >= 15 is 0 Å². The van der Waals surface area contributed by atoms with Gasteiger partial charge >= 0.3 is 0 Å². The van der Waals surface area contributed by atoms with Crippen LogP contribution in [0.2, 0.25) is 0 Å². The first kappa shape index (κ1) is 5.77. The van der Waals surface area contributed by atoms with Crippen molar-refractivity contribution in [1.82, 2.24) is 10.2 Å². The van der Waals surface area contributed by atoms with Gasteiger partial charge in [0.2, 0.25) is 0 Å². The van der Waals surface area contributed by atoms with Crippen LogP contribution in [0.15, 0.2) is 6.20 Å². The smallest absolute Gasteiger partial charge is 0.0758 e. The minimum absolute atomic E-state index is 0.602. The fourth-order valence-electron chi connectivity index (χ4n) is 1.33. The van der Waals surface area contributed by atoms with Crippen molar-refractivity contribution in [2.24, 2.45) is 0 Å². The summed E-state index contributed by atoms with van der Waals surface area (Å²) in [6.07, 6.45) is 4.18. The van der Waals surface area contributed by atoms with Crippen LogP contribution in [0.25, 0.3) is 0 Å². The van der Waals surface area contributed by atoms with Crippen molar-refractivity contribution in [3.8, 4) is 0 Å². The molecular weight excluding hydrogens is 126 g/mol. The molecule has 3 heteroatoms. The Balaban J connectivity index is 2.30. The van der Waals surface area contributed by atoms with Gasteiger partial charge in [-0.05, 0) is 19.8 Å². The Morgan fingerprint density at radius 3 is 3.50 bits per heavy atom. The van der Waals surface area contributed by atoms with Gasteiger partial charge in [-0.2, -0.15) is 5.10 Å². The molecule has 0 fully saturated rings. The van der Waals surface area contributed by atoms with Crippen LogP contribution in [0, 0.1) is 0 Å². The zero-order valence-electron chi connectivity index (χ0n) is 6.02. The third kappa shape index (κ3) is 0.781. The van der Waals surface area contributed by atoms with E-state index in [4.69, 9.17) is 0 Å². The summed E-state index contributed by atoms with van der Waals surface area (Å²) in [5, 5.41) is 10.3. The van der Waals surface area contributed by atoms with Crippen LogP contribution in [0.3, 0.4) is 0 Å². The monoisotopic (exact) mass is 137 g/mol. The molecule has 0 saturated carbocycles. The van der Waals surface area contributed by atoms with Crippen molar-refractivity contribution in [2.75, 3.05) is 5.32 Å². The van der Waals surface area contributed by atoms with Gasteiger partial charge in [0.1, 0.15) is 0 Å². The first-order chi connectivity index (χ1) is 4.86. The molecule has 1 aromatic rings. The van der Waals surface area contributed by atoms with Gasteiger partial charge in [0.25, 0.3) is 0 Å². The summed E-state index contributed by atoms with van der Waals surface area (Å²) in [6.45, 7) is 2.19. The Morgan fingerprint density at radius 2 is 2.60 bits per heavy atom. The number of nitrogens with zero attached hydrogens (tertiary/aromatic N) is 1. The Morgan fingerprint density at radius 1 is 1.70 bits per heavy atom. The van der Waals surface area contributed by atoms with Crippen LogP contribution >= 0.6 is 0 Å². The van der Waals surface area contributed by atoms with Gasteiger partial charge < -0.3 is 5.32 Å². The maximum atomic E-state index is 3.95. The molecule has 1 atom stereocenters. The third-order valence-corrected chi connectivity index (χ3v) is 1.95. The number of hydrogen-bond acceptors (Lipinski definition) is 2. The number of aromatic nitrogens is 2. The average Bonchev–Trinajstić information content (AvgIpc) is 2.33. The lowest BCUT2D eigenvalue weighted by Gasteiger charge is -2.19. The van der Waals surface area contributed by atoms with Gasteiger partial charge in [0, 0.05) is 6.04 Å². The largest absolute Gasteiger partial charge is 0.380 e. The molecule has 2 heterocycles. The van der Waals surface area contributed by atoms with E-state index in [0.29, 0.717) is 6.04 Å². The molecule has 1 unspecified atom stereocenters. The van der Waals surface area contributed by atoms with Crippen LogP contribution in [0.1, 0.15) is 19.0 Å². The predicted octanol–water partition coefficient (Wildman–Crippen LogP) is 1.16. The predicted molar refractivity (Wildman–Crippen MR) is 40.0 cm³/mol. The molecule has 0 spiro atoms. The minimum Gasteiger partial charge on any atom is -0.380 e. The van der Waals surface area contributed by atoms with E-state index in [0.717, 1.165) is 6.42 Å². The molecule has 1 aliphatic rings. The second-order valence-electron chi connectivity index (χ2n) is 2.85. The molecule has 3 nitrogen and oxygen atoms in total. The second-order valence-corrected chi connectivity index (χ2v) is 2.85. The van der Waals surface area contributed by atoms with Gasteiger partial charge in [0.05, 0.1) is 17.6 Å². The summed E-state index contributed by atoms with van der Waals surface area (Å²) in [4.78, 5) is 0. The molecule has 10 heavy (non-hydrogen) atoms. The van der Waals surface area contributed by atoms with Crippen molar-refractivity contribution in [3.05, 3.63) is 11.9 Å². The molecule has 0 saturated heterocycles. The van der Waals surface area contributed by atoms with E-state index in [-0.39, 0.29) is 0 Å². The highest BCUT2D eigenvalue weighted by molar-refractivity contribution is 5.48. The van der Waals surface area contributed by atoms with E-state index in [1.807, 2.05) is 6.20 Å². The fraction of sp³-hybridized carbons (Fsp3) is 0.571. The Labute approximate surface area is 59.8 Å². The van der Waals surface area contributed by atoms with E-state index in [2.05, 4.69) is 22.4 Å². The molecule has 2 N–H and O–H groups in total. The van der Waals surface area contributed by atoms with Gasteiger partial charge in [-0.1, -0.05) is 0 Å². The van der Waals surface area contributed by atoms with E-state index in [1.54, 1.807) is 0 Å². The lowest BCUT2D eigenvalue weighted by atomic mass is 10.1. The summed E-state index contributed by atoms with van der Waals surface area (Å²) >= 11 is 0. The summed E-state index contributed by atoms with van der Waals surface area (Å²) in [5.41, 5.74) is 2.43. The highest BCUT2D eigenvalue weighted by Gasteiger charge is 2.14. The molecular formula is C7H11N3. The number of hydrogen-bond donors (Lipinski definition) is 2. The molecule has 0 aliphatic carbocycles. The van der Waals surface area contributed by atoms with E-state index in [9.17, 15) is 0 Å². The number of nitrogens with one attached hydrogen (secondary N) is 2.